The third-order valence-electron chi connectivity index (χ3n) is 2.94. The molecule has 0 radical (unpaired) electrons. The van der Waals surface area contributed by atoms with Crippen LogP contribution in [0.1, 0.15) is 0 Å². The molecule has 0 spiro atoms. The van der Waals surface area contributed by atoms with Crippen molar-refractivity contribution in [2.45, 2.75) is 0 Å². The molecule has 0 saturated carbocycles. The van der Waals surface area contributed by atoms with Gasteiger partial charge in [0.2, 0.25) is 5.21 Å². The first-order chi connectivity index (χ1) is 7.93. The maximum Gasteiger partial charge on any atom is 0.204 e. The van der Waals surface area contributed by atoms with Gasteiger partial charge in [-0.1, -0.05) is 28.8 Å². The van der Waals surface area contributed by atoms with Crippen molar-refractivity contribution < 1.29 is 4.52 Å². The molecule has 16 heavy (non-hydrogen) atoms. The highest BCUT2D eigenvalue weighted by Gasteiger charge is 2.13. The van der Waals surface area contributed by atoms with Gasteiger partial charge in [0, 0.05) is 5.39 Å². The van der Waals surface area contributed by atoms with Gasteiger partial charge < -0.3 is 0 Å². The van der Waals surface area contributed by atoms with Crippen LogP contribution < -0.4 is 4.52 Å². The van der Waals surface area contributed by atoms with Crippen molar-refractivity contribution in [3.8, 4) is 0 Å². The van der Waals surface area contributed by atoms with E-state index in [1.807, 2.05) is 18.3 Å². The first kappa shape index (κ1) is 7.87. The molecule has 4 rings (SSSR count). The molecule has 0 saturated heterocycles. The molecule has 4 heteroatoms. The molecule has 2 aromatic heterocycles. The van der Waals surface area contributed by atoms with Gasteiger partial charge in [-0.05, 0) is 28.0 Å². The van der Waals surface area contributed by atoms with Crippen LogP contribution in [0.5, 0.6) is 0 Å². The van der Waals surface area contributed by atoms with Crippen LogP contribution in [0.4, 0.5) is 0 Å². The van der Waals surface area contributed by atoms with Crippen LogP contribution in [0.3, 0.4) is 0 Å². The summed E-state index contributed by atoms with van der Waals surface area (Å²) < 4.78 is 1.78. The van der Waals surface area contributed by atoms with Crippen LogP contribution in [0.25, 0.3) is 27.2 Å². The van der Waals surface area contributed by atoms with Crippen LogP contribution in [0.15, 0.2) is 42.6 Å². The molecular formula is C12H7N4+. The topological polar surface area (TPSA) is 42.8 Å². The fourth-order valence-electron chi connectivity index (χ4n) is 2.24. The van der Waals surface area contributed by atoms with Gasteiger partial charge in [0.15, 0.2) is 16.2 Å². The smallest absolute Gasteiger partial charge is 0.0972 e. The van der Waals surface area contributed by atoms with Crippen LogP contribution in [0, 0.1) is 0 Å². The van der Waals surface area contributed by atoms with Gasteiger partial charge in [0.05, 0.1) is 0 Å². The fourth-order valence-corrected chi connectivity index (χ4v) is 2.24. The van der Waals surface area contributed by atoms with E-state index in [9.17, 15) is 0 Å². The Morgan fingerprint density at radius 2 is 1.81 bits per heavy atom. The maximum atomic E-state index is 4.05. The van der Waals surface area contributed by atoms with E-state index in [1.165, 1.54) is 16.2 Å². The molecule has 0 fully saturated rings. The summed E-state index contributed by atoms with van der Waals surface area (Å²) >= 11 is 0. The molecule has 0 aliphatic rings. The lowest BCUT2D eigenvalue weighted by Crippen LogP contribution is -2.28. The third-order valence-corrected chi connectivity index (χ3v) is 2.94. The van der Waals surface area contributed by atoms with Gasteiger partial charge in [-0.15, -0.1) is 0 Å². The van der Waals surface area contributed by atoms with E-state index in [2.05, 4.69) is 39.8 Å². The lowest BCUT2D eigenvalue weighted by atomic mass is 10.0. The average Bonchev–Trinajstić information content (AvgIpc) is 2.36. The predicted molar refractivity (Wildman–Crippen MR) is 59.2 cm³/mol. The molecule has 4 aromatic rings. The molecule has 0 atom stereocenters. The van der Waals surface area contributed by atoms with Gasteiger partial charge >= 0.3 is 0 Å². The quantitative estimate of drug-likeness (QED) is 0.323. The summed E-state index contributed by atoms with van der Waals surface area (Å²) in [7, 11) is 0. The molecule has 74 valence electrons. The number of nitrogens with zero attached hydrogens (tertiary/aromatic N) is 4. The molecule has 2 aromatic carbocycles. The van der Waals surface area contributed by atoms with Crippen LogP contribution in [0.2, 0.25) is 0 Å². The zero-order chi connectivity index (χ0) is 10.5. The van der Waals surface area contributed by atoms with Crippen molar-refractivity contribution in [3.05, 3.63) is 42.6 Å². The minimum absolute atomic E-state index is 0.874. The minimum Gasteiger partial charge on any atom is -0.0972 e. The number of aromatic nitrogens is 4. The van der Waals surface area contributed by atoms with Crippen molar-refractivity contribution in [1.82, 2.24) is 15.5 Å². The standard InChI is InChI=1S/C12H7N4/c1-2-8-4-5-10-12-11(8)9(3-1)6-7-16(12)15-14-13-10/h1-7H/q+1. The lowest BCUT2D eigenvalue weighted by molar-refractivity contribution is -0.586. The Bertz CT molecular complexity index is 680. The van der Waals surface area contributed by atoms with Gasteiger partial charge in [-0.25, -0.2) is 0 Å². The Morgan fingerprint density at radius 3 is 2.75 bits per heavy atom. The number of benzene rings is 2. The zero-order valence-corrected chi connectivity index (χ0v) is 8.33. The number of hydrogen-bond acceptors (Lipinski definition) is 3. The lowest BCUT2D eigenvalue weighted by Gasteiger charge is -2.03. The molecule has 0 amide bonds. The Balaban J connectivity index is 2.51. The van der Waals surface area contributed by atoms with E-state index < -0.39 is 0 Å². The summed E-state index contributed by atoms with van der Waals surface area (Å²) in [5, 5.41) is 15.4. The van der Waals surface area contributed by atoms with Crippen molar-refractivity contribution in [1.29, 1.82) is 0 Å². The SMILES string of the molecule is c1cc2ccc3nnn[n+]4ccc(c1)c2c34. The number of hydrogen-bond donors (Lipinski definition) is 0. The largest absolute Gasteiger partial charge is 0.204 e. The number of rotatable bonds is 0. The van der Waals surface area contributed by atoms with Crippen molar-refractivity contribution in [2.75, 3.05) is 0 Å². The highest BCUT2D eigenvalue weighted by atomic mass is 15.5. The molecule has 2 heterocycles. The van der Waals surface area contributed by atoms with E-state index in [4.69, 9.17) is 0 Å². The van der Waals surface area contributed by atoms with Crippen LogP contribution in [-0.4, -0.2) is 15.5 Å². The molecule has 0 aliphatic carbocycles. The Hall–Kier alpha value is -2.36. The Morgan fingerprint density at radius 1 is 0.938 bits per heavy atom. The fraction of sp³-hybridized carbons (Fsp3) is 0. The van der Waals surface area contributed by atoms with E-state index >= 15 is 0 Å². The Labute approximate surface area is 90.5 Å². The summed E-state index contributed by atoms with van der Waals surface area (Å²) in [5.41, 5.74) is 1.91. The normalized spacial score (nSPS) is 11.8. The predicted octanol–water partition coefficient (Wildman–Crippen LogP) is 1.35. The van der Waals surface area contributed by atoms with Gasteiger partial charge in [0.1, 0.15) is 6.20 Å². The van der Waals surface area contributed by atoms with Gasteiger partial charge in [-0.3, -0.25) is 0 Å². The molecule has 0 unspecified atom stereocenters. The van der Waals surface area contributed by atoms with E-state index in [-0.39, 0.29) is 0 Å². The van der Waals surface area contributed by atoms with Gasteiger partial charge in [0.25, 0.3) is 0 Å². The first-order valence-corrected chi connectivity index (χ1v) is 5.08. The second kappa shape index (κ2) is 2.61. The minimum atomic E-state index is 0.874. The zero-order valence-electron chi connectivity index (χ0n) is 8.33. The average molecular weight is 207 g/mol. The molecular weight excluding hydrogens is 200 g/mol. The number of pyridine rings is 1. The third kappa shape index (κ3) is 0.839. The van der Waals surface area contributed by atoms with E-state index in [0.29, 0.717) is 0 Å². The Kier molecular flexibility index (Phi) is 1.28. The molecule has 0 aliphatic heterocycles. The summed E-state index contributed by atoms with van der Waals surface area (Å²) in [6.07, 6.45) is 1.92. The van der Waals surface area contributed by atoms with Crippen LogP contribution >= 0.6 is 0 Å². The van der Waals surface area contributed by atoms with Gasteiger partial charge in [-0.2, -0.15) is 0 Å². The summed E-state index contributed by atoms with van der Waals surface area (Å²) in [6, 6.07) is 12.4. The monoisotopic (exact) mass is 207 g/mol. The molecule has 0 N–H and O–H groups in total. The van der Waals surface area contributed by atoms with Crippen molar-refractivity contribution >= 4 is 27.2 Å². The highest BCUT2D eigenvalue weighted by molar-refractivity contribution is 6.11. The summed E-state index contributed by atoms with van der Waals surface area (Å²) in [6.45, 7) is 0. The van der Waals surface area contributed by atoms with Crippen molar-refractivity contribution in [3.63, 3.8) is 0 Å². The van der Waals surface area contributed by atoms with E-state index in [0.717, 1.165) is 11.0 Å². The van der Waals surface area contributed by atoms with Crippen molar-refractivity contribution in [2.24, 2.45) is 0 Å². The molecule has 0 bridgehead atoms. The van der Waals surface area contributed by atoms with Crippen LogP contribution in [-0.2, 0) is 0 Å². The maximum absolute atomic E-state index is 4.05. The molecule has 4 nitrogen and oxygen atoms in total. The first-order valence-electron chi connectivity index (χ1n) is 5.08. The van der Waals surface area contributed by atoms with E-state index in [1.54, 1.807) is 4.52 Å². The summed E-state index contributed by atoms with van der Waals surface area (Å²) in [5.74, 6) is 0. The second-order valence-corrected chi connectivity index (χ2v) is 3.82. The second-order valence-electron chi connectivity index (χ2n) is 3.82. The highest BCUT2D eigenvalue weighted by Crippen LogP contribution is 2.25. The summed E-state index contributed by atoms with van der Waals surface area (Å²) in [4.78, 5) is 0.